The van der Waals surface area contributed by atoms with Crippen molar-refractivity contribution in [2.24, 2.45) is 0 Å². The smallest absolute Gasteiger partial charge is 0.479 e. The molecule has 1 aromatic heterocycles. The maximum Gasteiger partial charge on any atom is 0.513 e. The highest BCUT2D eigenvalue weighted by Gasteiger charge is 2.26. The third-order valence-corrected chi connectivity index (χ3v) is 4.65. The fraction of sp³-hybridized carbons (Fsp3) is 0.208. The summed E-state index contributed by atoms with van der Waals surface area (Å²) in [5.41, 5.74) is -1.20. The molecule has 12 heteroatoms. The van der Waals surface area contributed by atoms with Crippen molar-refractivity contribution in [3.8, 4) is 11.5 Å². The molecule has 0 fully saturated rings. The average Bonchev–Trinajstić information content (AvgIpc) is 2.84. The number of ether oxygens (including phenoxy) is 4. The van der Waals surface area contributed by atoms with Crippen molar-refractivity contribution >= 4 is 35.2 Å². The van der Waals surface area contributed by atoms with Crippen LogP contribution in [0.2, 0.25) is 0 Å². The number of amides is 1. The van der Waals surface area contributed by atoms with Gasteiger partial charge < -0.3 is 33.8 Å². The topological polar surface area (TPSA) is 168 Å². The molecule has 188 valence electrons. The van der Waals surface area contributed by atoms with Gasteiger partial charge in [-0.2, -0.15) is 0 Å². The van der Waals surface area contributed by atoms with Gasteiger partial charge in [0.2, 0.25) is 5.43 Å². The Morgan fingerprint density at radius 3 is 2.08 bits per heavy atom. The van der Waals surface area contributed by atoms with Gasteiger partial charge in [-0.15, -0.1) is 0 Å². The van der Waals surface area contributed by atoms with Crippen LogP contribution in [0.3, 0.4) is 0 Å². The Kier molecular flexibility index (Phi) is 8.23. The van der Waals surface area contributed by atoms with Crippen LogP contribution in [-0.4, -0.2) is 42.5 Å². The molecular formula is C24H21NO11. The molecule has 0 saturated heterocycles. The van der Waals surface area contributed by atoms with E-state index >= 15 is 0 Å². The summed E-state index contributed by atoms with van der Waals surface area (Å²) in [5, 5.41) is 11.6. The second kappa shape index (κ2) is 11.5. The van der Waals surface area contributed by atoms with Crippen LogP contribution in [-0.2, 0) is 14.3 Å². The monoisotopic (exact) mass is 499 g/mol. The Labute approximate surface area is 203 Å². The first-order chi connectivity index (χ1) is 17.2. The SMILES string of the molecule is CCOC(=O)Oc1cc2occ(C(=O)N[C@@H](C(=O)O)c3ccccc3)c(=O)c2cc1OC(=O)OCC. The summed E-state index contributed by atoms with van der Waals surface area (Å²) in [5.74, 6) is -3.05. The Morgan fingerprint density at radius 2 is 1.53 bits per heavy atom. The van der Waals surface area contributed by atoms with E-state index in [0.717, 1.165) is 18.4 Å². The molecule has 2 N–H and O–H groups in total. The van der Waals surface area contributed by atoms with Gasteiger partial charge in [0.1, 0.15) is 17.4 Å². The molecule has 12 nitrogen and oxygen atoms in total. The van der Waals surface area contributed by atoms with E-state index in [4.69, 9.17) is 23.4 Å². The first kappa shape index (κ1) is 25.7. The van der Waals surface area contributed by atoms with Crippen LogP contribution < -0.4 is 20.2 Å². The van der Waals surface area contributed by atoms with Crippen molar-refractivity contribution in [3.05, 3.63) is 70.1 Å². The molecule has 1 atom stereocenters. The van der Waals surface area contributed by atoms with E-state index in [9.17, 15) is 29.1 Å². The van der Waals surface area contributed by atoms with Gasteiger partial charge in [-0.05, 0) is 25.5 Å². The molecular weight excluding hydrogens is 478 g/mol. The Morgan fingerprint density at radius 1 is 0.944 bits per heavy atom. The molecule has 0 radical (unpaired) electrons. The molecule has 0 spiro atoms. The van der Waals surface area contributed by atoms with Gasteiger partial charge in [-0.3, -0.25) is 9.59 Å². The molecule has 0 saturated carbocycles. The van der Waals surface area contributed by atoms with Crippen LogP contribution in [0.5, 0.6) is 11.5 Å². The van der Waals surface area contributed by atoms with Crippen LogP contribution in [0.1, 0.15) is 35.8 Å². The van der Waals surface area contributed by atoms with Crippen molar-refractivity contribution < 1.29 is 47.6 Å². The summed E-state index contributed by atoms with van der Waals surface area (Å²) in [4.78, 5) is 61.2. The van der Waals surface area contributed by atoms with E-state index < -0.39 is 41.2 Å². The average molecular weight is 499 g/mol. The standard InChI is InChI=1S/C24H21NO11/c1-3-32-23(30)35-17-10-14-16(11-18(17)36-24(31)33-4-2)34-12-15(20(14)26)21(27)25-19(22(28)29)13-8-6-5-7-9-13/h5-12,19H,3-4H2,1-2H3,(H,25,27)(H,28,29)/t19-/m1/s1. The number of carbonyl (C=O) groups is 4. The number of hydrogen-bond acceptors (Lipinski definition) is 10. The molecule has 0 unspecified atom stereocenters. The van der Waals surface area contributed by atoms with E-state index in [2.05, 4.69) is 5.32 Å². The van der Waals surface area contributed by atoms with Gasteiger partial charge in [-0.1, -0.05) is 30.3 Å². The number of carboxylic acids is 1. The number of nitrogens with one attached hydrogen (secondary N) is 1. The fourth-order valence-electron chi connectivity index (χ4n) is 3.07. The Hall–Kier alpha value is -4.87. The third-order valence-electron chi connectivity index (χ3n) is 4.65. The molecule has 1 heterocycles. The second-order valence-corrected chi connectivity index (χ2v) is 7.00. The summed E-state index contributed by atoms with van der Waals surface area (Å²) < 4.78 is 24.8. The summed E-state index contributed by atoms with van der Waals surface area (Å²) in [7, 11) is 0. The number of fused-ring (bicyclic) bond motifs is 1. The predicted octanol–water partition coefficient (Wildman–Crippen LogP) is 3.42. The van der Waals surface area contributed by atoms with Gasteiger partial charge in [0, 0.05) is 6.07 Å². The number of aliphatic carboxylic acids is 1. The molecule has 0 aliphatic heterocycles. The number of carbonyl (C=O) groups excluding carboxylic acids is 3. The van der Waals surface area contributed by atoms with E-state index in [1.165, 1.54) is 19.1 Å². The first-order valence-electron chi connectivity index (χ1n) is 10.6. The van der Waals surface area contributed by atoms with Crippen molar-refractivity contribution in [2.45, 2.75) is 19.9 Å². The Balaban J connectivity index is 2.01. The summed E-state index contributed by atoms with van der Waals surface area (Å²) in [6, 6.07) is 8.57. The zero-order valence-corrected chi connectivity index (χ0v) is 19.1. The highest BCUT2D eigenvalue weighted by Crippen LogP contribution is 2.32. The maximum absolute atomic E-state index is 13.1. The number of rotatable bonds is 8. The lowest BCUT2D eigenvalue weighted by molar-refractivity contribution is -0.139. The number of hydrogen-bond donors (Lipinski definition) is 2. The van der Waals surface area contributed by atoms with E-state index in [1.54, 1.807) is 25.1 Å². The van der Waals surface area contributed by atoms with Crippen LogP contribution in [0, 0.1) is 0 Å². The minimum Gasteiger partial charge on any atom is -0.479 e. The lowest BCUT2D eigenvalue weighted by Gasteiger charge is -2.15. The number of carboxylic acid groups (broad SMARTS) is 1. The van der Waals surface area contributed by atoms with Gasteiger partial charge in [0.05, 0.1) is 18.6 Å². The van der Waals surface area contributed by atoms with Crippen LogP contribution >= 0.6 is 0 Å². The summed E-state index contributed by atoms with van der Waals surface area (Å²) in [6.45, 7) is 3.08. The molecule has 1 amide bonds. The van der Waals surface area contributed by atoms with Crippen LogP contribution in [0.25, 0.3) is 11.0 Å². The number of benzene rings is 2. The van der Waals surface area contributed by atoms with Crippen molar-refractivity contribution in [2.75, 3.05) is 13.2 Å². The molecule has 0 bridgehead atoms. The molecule has 0 aliphatic carbocycles. The minimum absolute atomic E-state index is 0.00829. The molecule has 0 aliphatic rings. The van der Waals surface area contributed by atoms with Crippen molar-refractivity contribution in [1.29, 1.82) is 0 Å². The molecule has 3 rings (SSSR count). The normalized spacial score (nSPS) is 11.3. The highest BCUT2D eigenvalue weighted by atomic mass is 16.7. The minimum atomic E-state index is -1.43. The lowest BCUT2D eigenvalue weighted by atomic mass is 10.1. The third kappa shape index (κ3) is 5.97. The predicted molar refractivity (Wildman–Crippen MR) is 122 cm³/mol. The Bertz CT molecular complexity index is 1350. The van der Waals surface area contributed by atoms with Gasteiger partial charge in [-0.25, -0.2) is 14.4 Å². The van der Waals surface area contributed by atoms with E-state index in [1.807, 2.05) is 0 Å². The highest BCUT2D eigenvalue weighted by molar-refractivity contribution is 5.99. The van der Waals surface area contributed by atoms with Gasteiger partial charge in [0.15, 0.2) is 17.5 Å². The van der Waals surface area contributed by atoms with Crippen molar-refractivity contribution in [3.63, 3.8) is 0 Å². The maximum atomic E-state index is 13.1. The fourth-order valence-corrected chi connectivity index (χ4v) is 3.07. The van der Waals surface area contributed by atoms with E-state index in [0.29, 0.717) is 0 Å². The van der Waals surface area contributed by atoms with Crippen LogP contribution in [0.4, 0.5) is 9.59 Å². The van der Waals surface area contributed by atoms with Crippen LogP contribution in [0.15, 0.2) is 57.9 Å². The zero-order valence-electron chi connectivity index (χ0n) is 19.1. The quantitative estimate of drug-likeness (QED) is 0.344. The van der Waals surface area contributed by atoms with E-state index in [-0.39, 0.29) is 41.2 Å². The molecule has 36 heavy (non-hydrogen) atoms. The summed E-state index contributed by atoms with van der Waals surface area (Å²) in [6.07, 6.45) is -1.41. The summed E-state index contributed by atoms with van der Waals surface area (Å²) >= 11 is 0. The molecule has 2 aromatic carbocycles. The van der Waals surface area contributed by atoms with Crippen molar-refractivity contribution in [1.82, 2.24) is 5.32 Å². The largest absolute Gasteiger partial charge is 0.513 e. The lowest BCUT2D eigenvalue weighted by Crippen LogP contribution is -2.36. The van der Waals surface area contributed by atoms with Gasteiger partial charge in [0.25, 0.3) is 5.91 Å². The zero-order chi connectivity index (χ0) is 26.2. The van der Waals surface area contributed by atoms with Gasteiger partial charge >= 0.3 is 18.3 Å². The molecule has 3 aromatic rings. The first-order valence-corrected chi connectivity index (χ1v) is 10.6. The second-order valence-electron chi connectivity index (χ2n) is 7.00.